The summed E-state index contributed by atoms with van der Waals surface area (Å²) in [6.07, 6.45) is 14.4. The number of aromatic nitrogens is 2. The molecule has 0 radical (unpaired) electrons. The van der Waals surface area contributed by atoms with Gasteiger partial charge in [0.2, 0.25) is 0 Å². The molecular weight excluding hydrogens is 308 g/mol. The quantitative estimate of drug-likeness (QED) is 0.590. The fourth-order valence-corrected chi connectivity index (χ4v) is 2.66. The number of hydrogen-bond donors (Lipinski definition) is 0. The predicted octanol–water partition coefficient (Wildman–Crippen LogP) is 3.78. The van der Waals surface area contributed by atoms with E-state index >= 15 is 0 Å². The zero-order valence-corrected chi connectivity index (χ0v) is 15.8. The van der Waals surface area contributed by atoms with Gasteiger partial charge < -0.3 is 9.13 Å². The van der Waals surface area contributed by atoms with E-state index in [0.29, 0.717) is 0 Å². The van der Waals surface area contributed by atoms with Gasteiger partial charge in [-0.2, -0.15) is 0 Å². The summed E-state index contributed by atoms with van der Waals surface area (Å²) in [5, 5.41) is 2.17. The third-order valence-electron chi connectivity index (χ3n) is 4.12. The smallest absolute Gasteiger partial charge is 0.0603 e. The van der Waals surface area contributed by atoms with Crippen LogP contribution in [0.4, 0.5) is 0 Å². The normalized spacial score (nSPS) is 10.6. The lowest BCUT2D eigenvalue weighted by Gasteiger charge is -2.08. The molecule has 0 saturated heterocycles. The molecule has 0 amide bonds. The molecule has 2 aromatic rings. The zero-order valence-electron chi connectivity index (χ0n) is 15.8. The lowest BCUT2D eigenvalue weighted by molar-refractivity contribution is 0.542. The van der Waals surface area contributed by atoms with E-state index in [0.717, 1.165) is 49.7 Å². The van der Waals surface area contributed by atoms with Gasteiger partial charge in [0.15, 0.2) is 0 Å². The molecule has 0 aromatic carbocycles. The van der Waals surface area contributed by atoms with Crippen LogP contribution in [0.3, 0.4) is 0 Å². The summed E-state index contributed by atoms with van der Waals surface area (Å²) in [7, 11) is 0. The van der Waals surface area contributed by atoms with E-state index in [-0.39, 0.29) is 0 Å². The van der Waals surface area contributed by atoms with Crippen LogP contribution in [0, 0.1) is 0 Å². The highest BCUT2D eigenvalue weighted by Crippen LogP contribution is 2.01. The Labute approximate surface area is 151 Å². The van der Waals surface area contributed by atoms with Crippen molar-refractivity contribution in [2.75, 3.05) is 13.1 Å². The van der Waals surface area contributed by atoms with E-state index in [1.807, 2.05) is 0 Å². The Morgan fingerprint density at radius 2 is 1.04 bits per heavy atom. The summed E-state index contributed by atoms with van der Waals surface area (Å²) < 4.78 is 4.50. The molecule has 0 aliphatic carbocycles. The summed E-state index contributed by atoms with van der Waals surface area (Å²) >= 11 is 0. The molecule has 2 aromatic heterocycles. The van der Waals surface area contributed by atoms with Crippen molar-refractivity contribution in [2.24, 2.45) is 9.98 Å². The van der Waals surface area contributed by atoms with E-state index in [4.69, 9.17) is 0 Å². The van der Waals surface area contributed by atoms with Crippen molar-refractivity contribution >= 4 is 0 Å². The maximum Gasteiger partial charge on any atom is 0.0603 e. The third-order valence-corrected chi connectivity index (χ3v) is 4.12. The molecule has 0 N–H and O–H groups in total. The van der Waals surface area contributed by atoms with Gasteiger partial charge in [-0.05, 0) is 56.4 Å². The van der Waals surface area contributed by atoms with Gasteiger partial charge in [0.1, 0.15) is 0 Å². The van der Waals surface area contributed by atoms with Gasteiger partial charge in [-0.15, -0.1) is 0 Å². The van der Waals surface area contributed by atoms with Crippen LogP contribution in [0.1, 0.15) is 46.0 Å². The number of rotatable bonds is 10. The van der Waals surface area contributed by atoms with E-state index < -0.39 is 0 Å². The van der Waals surface area contributed by atoms with Crippen molar-refractivity contribution in [3.63, 3.8) is 0 Å². The lowest BCUT2D eigenvalue weighted by Crippen LogP contribution is -2.07. The minimum atomic E-state index is 0.912. The Kier molecular flexibility index (Phi) is 8.81. The number of nitrogens with zero attached hydrogens (tertiary/aromatic N) is 4. The average molecular weight is 341 g/mol. The van der Waals surface area contributed by atoms with Gasteiger partial charge in [0.25, 0.3) is 0 Å². The number of pyridine rings is 2. The average Bonchev–Trinajstić information content (AvgIpc) is 2.66. The van der Waals surface area contributed by atoms with Crippen molar-refractivity contribution < 1.29 is 0 Å². The van der Waals surface area contributed by atoms with Gasteiger partial charge in [0, 0.05) is 51.0 Å². The standard InChI is InChI=1S/C21H32N4/c1-3-12-22-20-8-16-24(17-9-20)14-6-5-7-15-25-18-10-21(11-19-25)23-13-4-2/h8-11,16-19H,3-7,12-15H2,1-2H3. The second-order valence-corrected chi connectivity index (χ2v) is 6.41. The summed E-state index contributed by atoms with van der Waals surface area (Å²) in [6.45, 7) is 8.29. The number of hydrogen-bond acceptors (Lipinski definition) is 2. The highest BCUT2D eigenvalue weighted by molar-refractivity contribution is 4.94. The van der Waals surface area contributed by atoms with Crippen molar-refractivity contribution in [2.45, 2.75) is 59.0 Å². The molecule has 0 unspecified atom stereocenters. The van der Waals surface area contributed by atoms with Crippen LogP contribution >= 0.6 is 0 Å². The Balaban J connectivity index is 1.67. The highest BCUT2D eigenvalue weighted by Gasteiger charge is 1.93. The van der Waals surface area contributed by atoms with Crippen LogP contribution in [0.2, 0.25) is 0 Å². The number of unbranched alkanes of at least 4 members (excludes halogenated alkanes) is 2. The van der Waals surface area contributed by atoms with Crippen LogP contribution < -0.4 is 10.7 Å². The maximum atomic E-state index is 4.51. The maximum absolute atomic E-state index is 4.51. The fourth-order valence-electron chi connectivity index (χ4n) is 2.66. The summed E-state index contributed by atoms with van der Waals surface area (Å²) in [5.41, 5.74) is 0. The predicted molar refractivity (Wildman–Crippen MR) is 104 cm³/mol. The van der Waals surface area contributed by atoms with Gasteiger partial charge in [-0.3, -0.25) is 9.98 Å². The highest BCUT2D eigenvalue weighted by atomic mass is 14.9. The summed E-state index contributed by atoms with van der Waals surface area (Å²) in [4.78, 5) is 9.02. The van der Waals surface area contributed by atoms with Crippen LogP contribution in [-0.4, -0.2) is 22.2 Å². The molecule has 4 nitrogen and oxygen atoms in total. The molecule has 0 spiro atoms. The Morgan fingerprint density at radius 3 is 1.40 bits per heavy atom. The van der Waals surface area contributed by atoms with E-state index in [9.17, 15) is 0 Å². The molecule has 25 heavy (non-hydrogen) atoms. The van der Waals surface area contributed by atoms with Crippen LogP contribution in [0.25, 0.3) is 0 Å². The van der Waals surface area contributed by atoms with Gasteiger partial charge >= 0.3 is 0 Å². The second kappa shape index (κ2) is 11.5. The molecule has 0 aliphatic rings. The third kappa shape index (κ3) is 7.55. The van der Waals surface area contributed by atoms with Crippen molar-refractivity contribution in [1.82, 2.24) is 9.13 Å². The topological polar surface area (TPSA) is 34.6 Å². The Bertz CT molecular complexity index is 636. The Hall–Kier alpha value is -2.10. The largest absolute Gasteiger partial charge is 0.354 e. The molecule has 0 bridgehead atoms. The van der Waals surface area contributed by atoms with Crippen molar-refractivity contribution in [3.05, 3.63) is 59.8 Å². The summed E-state index contributed by atoms with van der Waals surface area (Å²) in [6, 6.07) is 8.43. The van der Waals surface area contributed by atoms with Gasteiger partial charge in [-0.1, -0.05) is 13.8 Å². The van der Waals surface area contributed by atoms with Gasteiger partial charge in [-0.25, -0.2) is 0 Å². The molecule has 4 heteroatoms. The molecule has 0 aliphatic heterocycles. The van der Waals surface area contributed by atoms with Crippen molar-refractivity contribution in [3.8, 4) is 0 Å². The first-order valence-corrected chi connectivity index (χ1v) is 9.65. The molecule has 0 fully saturated rings. The molecular formula is C21H32N4. The second-order valence-electron chi connectivity index (χ2n) is 6.41. The fraction of sp³-hybridized carbons (Fsp3) is 0.524. The first kappa shape index (κ1) is 19.2. The molecule has 2 rings (SSSR count). The van der Waals surface area contributed by atoms with Gasteiger partial charge in [0.05, 0.1) is 10.7 Å². The number of aryl methyl sites for hydroxylation is 2. The zero-order chi connectivity index (χ0) is 17.7. The first-order valence-electron chi connectivity index (χ1n) is 9.65. The molecule has 0 saturated carbocycles. The molecule has 136 valence electrons. The van der Waals surface area contributed by atoms with E-state index in [1.54, 1.807) is 0 Å². The van der Waals surface area contributed by atoms with Crippen LogP contribution in [0.5, 0.6) is 0 Å². The minimum absolute atomic E-state index is 0.912. The lowest BCUT2D eigenvalue weighted by atomic mass is 10.2. The molecule has 2 heterocycles. The van der Waals surface area contributed by atoms with E-state index in [1.165, 1.54) is 19.3 Å². The summed E-state index contributed by atoms with van der Waals surface area (Å²) in [5.74, 6) is 0. The van der Waals surface area contributed by atoms with Crippen molar-refractivity contribution in [1.29, 1.82) is 0 Å². The van der Waals surface area contributed by atoms with E-state index in [2.05, 4.69) is 82.0 Å². The first-order chi connectivity index (χ1) is 12.3. The minimum Gasteiger partial charge on any atom is -0.354 e. The molecule has 0 atom stereocenters. The Morgan fingerprint density at radius 1 is 0.640 bits per heavy atom. The van der Waals surface area contributed by atoms with Crippen LogP contribution in [-0.2, 0) is 13.1 Å². The monoisotopic (exact) mass is 340 g/mol. The SMILES string of the molecule is CCCN=c1ccn(CCCCCn2ccc(=NCCC)cc2)cc1. The van der Waals surface area contributed by atoms with Crippen LogP contribution in [0.15, 0.2) is 59.0 Å².